The topological polar surface area (TPSA) is 20.2 Å². The maximum absolute atomic E-state index is 13.5. The number of hydrogen-bond acceptors (Lipinski definition) is 1. The minimum atomic E-state index is -2.49. The summed E-state index contributed by atoms with van der Waals surface area (Å²) in [5.74, 6) is -14.0. The van der Waals surface area contributed by atoms with Crippen LogP contribution in [0.4, 0.5) is 30.7 Å². The first kappa shape index (κ1) is 15.3. The van der Waals surface area contributed by atoms with Crippen LogP contribution in [-0.4, -0.2) is 5.11 Å². The molecule has 0 radical (unpaired) electrons. The fraction of sp³-hybridized carbons (Fsp3) is 0.0769. The molecule has 1 atom stereocenters. The molecule has 0 spiro atoms. The second kappa shape index (κ2) is 5.36. The SMILES string of the molecule is OC(c1ccc(F)cc1F)c1c(F)c(F)c(F)c(F)c1F. The Balaban J connectivity index is 2.66. The summed E-state index contributed by atoms with van der Waals surface area (Å²) in [4.78, 5) is 0. The Hall–Kier alpha value is -2.09. The van der Waals surface area contributed by atoms with Crippen LogP contribution >= 0.6 is 0 Å². The fourth-order valence-electron chi connectivity index (χ4n) is 1.74. The molecule has 0 saturated heterocycles. The van der Waals surface area contributed by atoms with Crippen LogP contribution in [0.15, 0.2) is 18.2 Å². The lowest BCUT2D eigenvalue weighted by molar-refractivity contribution is 0.198. The molecule has 1 N–H and O–H groups in total. The van der Waals surface area contributed by atoms with Gasteiger partial charge in [0.1, 0.15) is 17.7 Å². The van der Waals surface area contributed by atoms with Gasteiger partial charge in [-0.25, -0.2) is 30.7 Å². The van der Waals surface area contributed by atoms with Crippen LogP contribution < -0.4 is 0 Å². The number of halogens is 7. The van der Waals surface area contributed by atoms with E-state index in [1.165, 1.54) is 0 Å². The highest BCUT2D eigenvalue weighted by Crippen LogP contribution is 2.32. The van der Waals surface area contributed by atoms with Gasteiger partial charge >= 0.3 is 0 Å². The molecule has 0 aromatic heterocycles. The second-order valence-corrected chi connectivity index (χ2v) is 4.05. The lowest BCUT2D eigenvalue weighted by Crippen LogP contribution is -2.13. The minimum absolute atomic E-state index is 0.296. The Labute approximate surface area is 113 Å². The normalized spacial score (nSPS) is 12.6. The van der Waals surface area contributed by atoms with Crippen molar-refractivity contribution < 1.29 is 35.8 Å². The molecule has 112 valence electrons. The molecule has 0 heterocycles. The van der Waals surface area contributed by atoms with Gasteiger partial charge in [-0.3, -0.25) is 0 Å². The van der Waals surface area contributed by atoms with E-state index >= 15 is 0 Å². The zero-order valence-corrected chi connectivity index (χ0v) is 9.90. The van der Waals surface area contributed by atoms with Gasteiger partial charge in [0, 0.05) is 11.6 Å². The van der Waals surface area contributed by atoms with Gasteiger partial charge in [-0.05, 0) is 6.07 Å². The predicted molar refractivity (Wildman–Crippen MR) is 56.7 cm³/mol. The van der Waals surface area contributed by atoms with Crippen LogP contribution in [0, 0.1) is 40.7 Å². The fourth-order valence-corrected chi connectivity index (χ4v) is 1.74. The number of benzene rings is 2. The molecule has 2 aromatic rings. The molecule has 8 heteroatoms. The molecule has 0 bridgehead atoms. The number of hydrogen-bond donors (Lipinski definition) is 1. The molecular formula is C13H5F7O. The van der Waals surface area contributed by atoms with Crippen molar-refractivity contribution in [1.82, 2.24) is 0 Å². The molecule has 1 unspecified atom stereocenters. The maximum atomic E-state index is 13.5. The van der Waals surface area contributed by atoms with Gasteiger partial charge < -0.3 is 5.11 Å². The first-order valence-corrected chi connectivity index (χ1v) is 5.40. The molecule has 0 saturated carbocycles. The Bertz CT molecular complexity index is 685. The summed E-state index contributed by atoms with van der Waals surface area (Å²) in [5, 5.41) is 9.67. The zero-order chi connectivity index (χ0) is 15.9. The molecule has 2 aromatic carbocycles. The van der Waals surface area contributed by atoms with Crippen molar-refractivity contribution in [1.29, 1.82) is 0 Å². The molecule has 21 heavy (non-hydrogen) atoms. The van der Waals surface area contributed by atoms with Gasteiger partial charge in [0.15, 0.2) is 23.3 Å². The average molecular weight is 310 g/mol. The van der Waals surface area contributed by atoms with Crippen molar-refractivity contribution in [3.8, 4) is 0 Å². The summed E-state index contributed by atoms with van der Waals surface area (Å²) in [6, 6.07) is 1.59. The highest BCUT2D eigenvalue weighted by atomic mass is 19.2. The van der Waals surface area contributed by atoms with E-state index in [1.807, 2.05) is 0 Å². The van der Waals surface area contributed by atoms with Gasteiger partial charge in [0.05, 0.1) is 5.56 Å². The van der Waals surface area contributed by atoms with Gasteiger partial charge in [0.2, 0.25) is 5.82 Å². The number of aliphatic hydroxyl groups is 1. The zero-order valence-electron chi connectivity index (χ0n) is 9.90. The van der Waals surface area contributed by atoms with Crippen LogP contribution in [-0.2, 0) is 0 Å². The molecule has 0 amide bonds. The minimum Gasteiger partial charge on any atom is -0.383 e. The Morgan fingerprint density at radius 2 is 1.19 bits per heavy atom. The van der Waals surface area contributed by atoms with E-state index in [4.69, 9.17) is 0 Å². The summed E-state index contributed by atoms with van der Waals surface area (Å²) in [6.45, 7) is 0. The second-order valence-electron chi connectivity index (χ2n) is 4.05. The van der Waals surface area contributed by atoms with Gasteiger partial charge in [-0.2, -0.15) is 0 Å². The standard InChI is InChI=1S/C13H5F7O/c14-4-1-2-5(6(15)3-4)13(21)7-8(16)10(18)12(20)11(19)9(7)17/h1-3,13,21H. The van der Waals surface area contributed by atoms with Crippen LogP contribution in [0.1, 0.15) is 17.2 Å². The van der Waals surface area contributed by atoms with E-state index in [1.54, 1.807) is 0 Å². The van der Waals surface area contributed by atoms with Gasteiger partial charge in [0.25, 0.3) is 0 Å². The molecule has 1 nitrogen and oxygen atoms in total. The average Bonchev–Trinajstić information content (AvgIpc) is 2.43. The van der Waals surface area contributed by atoms with Crippen molar-refractivity contribution in [3.05, 3.63) is 70.0 Å². The highest BCUT2D eigenvalue weighted by molar-refractivity contribution is 5.34. The van der Waals surface area contributed by atoms with E-state index in [9.17, 15) is 35.8 Å². The summed E-state index contributed by atoms with van der Waals surface area (Å²) in [7, 11) is 0. The van der Waals surface area contributed by atoms with E-state index in [0.29, 0.717) is 18.2 Å². The lowest BCUT2D eigenvalue weighted by atomic mass is 9.99. The number of aliphatic hydroxyl groups excluding tert-OH is 1. The first-order valence-electron chi connectivity index (χ1n) is 5.40. The van der Waals surface area contributed by atoms with Crippen molar-refractivity contribution in [2.24, 2.45) is 0 Å². The van der Waals surface area contributed by atoms with Crippen LogP contribution in [0.25, 0.3) is 0 Å². The summed E-state index contributed by atoms with van der Waals surface area (Å²) in [5.41, 5.74) is -2.45. The summed E-state index contributed by atoms with van der Waals surface area (Å²) >= 11 is 0. The molecule has 0 aliphatic heterocycles. The molecule has 0 aliphatic rings. The summed E-state index contributed by atoms with van der Waals surface area (Å²) < 4.78 is 92.0. The van der Waals surface area contributed by atoms with Crippen molar-refractivity contribution in [3.63, 3.8) is 0 Å². The lowest BCUT2D eigenvalue weighted by Gasteiger charge is -2.15. The third-order valence-corrected chi connectivity index (χ3v) is 2.77. The van der Waals surface area contributed by atoms with Gasteiger partial charge in [-0.1, -0.05) is 6.07 Å². The highest BCUT2D eigenvalue weighted by Gasteiger charge is 2.31. The molecule has 2 rings (SSSR count). The van der Waals surface area contributed by atoms with E-state index in [0.717, 1.165) is 0 Å². The quantitative estimate of drug-likeness (QED) is 0.509. The van der Waals surface area contributed by atoms with Crippen molar-refractivity contribution in [2.75, 3.05) is 0 Å². The summed E-state index contributed by atoms with van der Waals surface area (Å²) in [6.07, 6.45) is -2.49. The van der Waals surface area contributed by atoms with Crippen LogP contribution in [0.2, 0.25) is 0 Å². The van der Waals surface area contributed by atoms with E-state index in [-0.39, 0.29) is 0 Å². The maximum Gasteiger partial charge on any atom is 0.200 e. The molecule has 0 aliphatic carbocycles. The Morgan fingerprint density at radius 3 is 1.67 bits per heavy atom. The largest absolute Gasteiger partial charge is 0.383 e. The third kappa shape index (κ3) is 2.46. The molecule has 0 fully saturated rings. The van der Waals surface area contributed by atoms with Crippen molar-refractivity contribution >= 4 is 0 Å². The van der Waals surface area contributed by atoms with E-state index < -0.39 is 58.0 Å². The van der Waals surface area contributed by atoms with E-state index in [2.05, 4.69) is 0 Å². The monoisotopic (exact) mass is 310 g/mol. The van der Waals surface area contributed by atoms with Gasteiger partial charge in [-0.15, -0.1) is 0 Å². The Kier molecular flexibility index (Phi) is 3.91. The molecular weight excluding hydrogens is 305 g/mol. The first-order chi connectivity index (χ1) is 9.75. The third-order valence-electron chi connectivity index (χ3n) is 2.77. The smallest absolute Gasteiger partial charge is 0.200 e. The predicted octanol–water partition coefficient (Wildman–Crippen LogP) is 3.74. The van der Waals surface area contributed by atoms with Crippen LogP contribution in [0.5, 0.6) is 0 Å². The van der Waals surface area contributed by atoms with Crippen molar-refractivity contribution in [2.45, 2.75) is 6.10 Å². The Morgan fingerprint density at radius 1 is 0.714 bits per heavy atom. The number of rotatable bonds is 2. The van der Waals surface area contributed by atoms with Crippen LogP contribution in [0.3, 0.4) is 0 Å².